The van der Waals surface area contributed by atoms with Gasteiger partial charge < -0.3 is 19.2 Å². The van der Waals surface area contributed by atoms with Gasteiger partial charge in [-0.25, -0.2) is 9.97 Å². The summed E-state index contributed by atoms with van der Waals surface area (Å²) in [6, 6.07) is 5.66. The average Bonchev–Trinajstić information content (AvgIpc) is 3.34. The second kappa shape index (κ2) is 8.96. The highest BCUT2D eigenvalue weighted by Crippen LogP contribution is 2.33. The van der Waals surface area contributed by atoms with Gasteiger partial charge in [-0.15, -0.1) is 11.8 Å². The summed E-state index contributed by atoms with van der Waals surface area (Å²) in [7, 11) is 3.22. The number of methoxy groups -OCH3 is 2. The van der Waals surface area contributed by atoms with Gasteiger partial charge in [0.15, 0.2) is 16.6 Å². The molecule has 27 heavy (non-hydrogen) atoms. The van der Waals surface area contributed by atoms with E-state index in [9.17, 15) is 0 Å². The van der Waals surface area contributed by atoms with Gasteiger partial charge in [-0.1, -0.05) is 24.8 Å². The number of nitrogens with one attached hydrogen (secondary N) is 1. The first-order valence-corrected chi connectivity index (χ1v) is 10.1. The molecule has 0 amide bonds. The maximum atomic E-state index is 5.62. The number of nitrogens with zero attached hydrogens (tertiary/aromatic N) is 2. The monoisotopic (exact) mass is 403 g/mol. The van der Waals surface area contributed by atoms with E-state index in [2.05, 4.69) is 21.9 Å². The SMILES string of the molecule is C=C(Nc1ncc(SCc2ncc(CC)o2)s1)c1ccc(OC)c(OC)c1. The van der Waals surface area contributed by atoms with Crippen LogP contribution >= 0.6 is 23.1 Å². The van der Waals surface area contributed by atoms with Crippen molar-refractivity contribution in [2.24, 2.45) is 0 Å². The molecule has 142 valence electrons. The van der Waals surface area contributed by atoms with E-state index in [-0.39, 0.29) is 0 Å². The highest BCUT2D eigenvalue weighted by atomic mass is 32.2. The summed E-state index contributed by atoms with van der Waals surface area (Å²) >= 11 is 3.21. The number of rotatable bonds is 9. The topological polar surface area (TPSA) is 69.4 Å². The molecule has 2 aromatic heterocycles. The van der Waals surface area contributed by atoms with E-state index >= 15 is 0 Å². The first kappa shape index (κ1) is 19.3. The number of aromatic nitrogens is 2. The highest BCUT2D eigenvalue weighted by Gasteiger charge is 2.10. The fourth-order valence-electron chi connectivity index (χ4n) is 2.32. The van der Waals surface area contributed by atoms with Crippen LogP contribution in [-0.2, 0) is 12.2 Å². The summed E-state index contributed by atoms with van der Waals surface area (Å²) in [6.07, 6.45) is 4.47. The van der Waals surface area contributed by atoms with Crippen molar-refractivity contribution in [3.8, 4) is 11.5 Å². The van der Waals surface area contributed by atoms with Gasteiger partial charge in [-0.05, 0) is 18.2 Å². The Morgan fingerprint density at radius 3 is 2.74 bits per heavy atom. The molecule has 3 aromatic rings. The van der Waals surface area contributed by atoms with Crippen LogP contribution in [0.3, 0.4) is 0 Å². The predicted octanol–water partition coefficient (Wildman–Crippen LogP) is 5.09. The van der Waals surface area contributed by atoms with E-state index < -0.39 is 0 Å². The third-order valence-corrected chi connectivity index (χ3v) is 5.85. The second-order valence-electron chi connectivity index (χ2n) is 5.52. The van der Waals surface area contributed by atoms with Crippen molar-refractivity contribution in [1.82, 2.24) is 9.97 Å². The summed E-state index contributed by atoms with van der Waals surface area (Å²) in [5, 5.41) is 4.02. The molecule has 0 bridgehead atoms. The van der Waals surface area contributed by atoms with Gasteiger partial charge in [0, 0.05) is 17.7 Å². The Hall–Kier alpha value is -2.45. The van der Waals surface area contributed by atoms with E-state index in [1.807, 2.05) is 31.3 Å². The lowest BCUT2D eigenvalue weighted by atomic mass is 10.1. The van der Waals surface area contributed by atoms with Crippen LogP contribution in [-0.4, -0.2) is 24.2 Å². The molecular formula is C19H21N3O3S2. The molecule has 0 aliphatic rings. The molecule has 0 aliphatic heterocycles. The molecule has 8 heteroatoms. The van der Waals surface area contributed by atoms with Gasteiger partial charge in [0.05, 0.1) is 36.6 Å². The molecule has 0 saturated carbocycles. The zero-order valence-electron chi connectivity index (χ0n) is 15.4. The summed E-state index contributed by atoms with van der Waals surface area (Å²) in [6.45, 7) is 6.14. The molecule has 2 heterocycles. The van der Waals surface area contributed by atoms with E-state index in [1.54, 1.807) is 43.5 Å². The number of hydrogen-bond donors (Lipinski definition) is 1. The van der Waals surface area contributed by atoms with E-state index in [4.69, 9.17) is 13.9 Å². The third-order valence-electron chi connectivity index (χ3n) is 3.76. The predicted molar refractivity (Wildman–Crippen MR) is 110 cm³/mol. The molecule has 0 fully saturated rings. The van der Waals surface area contributed by atoms with Crippen molar-refractivity contribution in [1.29, 1.82) is 0 Å². The van der Waals surface area contributed by atoms with Crippen LogP contribution in [0.2, 0.25) is 0 Å². The van der Waals surface area contributed by atoms with Gasteiger partial charge in [0.1, 0.15) is 5.76 Å². The Labute approximate surface area is 166 Å². The van der Waals surface area contributed by atoms with Crippen molar-refractivity contribution < 1.29 is 13.9 Å². The van der Waals surface area contributed by atoms with Crippen molar-refractivity contribution in [3.05, 3.63) is 54.4 Å². The summed E-state index contributed by atoms with van der Waals surface area (Å²) in [5.74, 6) is 3.65. The maximum Gasteiger partial charge on any atom is 0.204 e. The smallest absolute Gasteiger partial charge is 0.204 e. The Kier molecular flexibility index (Phi) is 6.41. The number of oxazole rings is 1. The van der Waals surface area contributed by atoms with Crippen molar-refractivity contribution >= 4 is 33.9 Å². The first-order chi connectivity index (χ1) is 13.1. The van der Waals surface area contributed by atoms with E-state index in [0.29, 0.717) is 17.3 Å². The van der Waals surface area contributed by atoms with E-state index in [0.717, 1.165) is 38.7 Å². The number of hydrogen-bond acceptors (Lipinski definition) is 8. The second-order valence-corrected chi connectivity index (χ2v) is 7.83. The number of anilines is 1. The third kappa shape index (κ3) is 4.84. The standard InChI is InChI=1S/C19H21N3O3S2/c1-5-14-9-20-17(25-14)11-26-18-10-21-19(27-18)22-12(2)13-6-7-15(23-3)16(8-13)24-4/h6-10H,2,5,11H2,1,3-4H3,(H,21,22). The lowest BCUT2D eigenvalue weighted by Crippen LogP contribution is -1.98. The lowest BCUT2D eigenvalue weighted by Gasteiger charge is -2.11. The normalized spacial score (nSPS) is 10.6. The van der Waals surface area contributed by atoms with Gasteiger partial charge in [0.2, 0.25) is 5.89 Å². The van der Waals surface area contributed by atoms with Crippen LogP contribution in [0.1, 0.15) is 24.1 Å². The van der Waals surface area contributed by atoms with Gasteiger partial charge in [0.25, 0.3) is 0 Å². The molecule has 0 radical (unpaired) electrons. The van der Waals surface area contributed by atoms with Crippen LogP contribution in [0.4, 0.5) is 5.13 Å². The molecule has 6 nitrogen and oxygen atoms in total. The van der Waals surface area contributed by atoms with Crippen molar-refractivity contribution in [3.63, 3.8) is 0 Å². The fraction of sp³-hybridized carbons (Fsp3) is 0.263. The van der Waals surface area contributed by atoms with Gasteiger partial charge >= 0.3 is 0 Å². The van der Waals surface area contributed by atoms with Crippen LogP contribution in [0.5, 0.6) is 11.5 Å². The van der Waals surface area contributed by atoms with Gasteiger partial charge in [-0.3, -0.25) is 0 Å². The Morgan fingerprint density at radius 2 is 2.04 bits per heavy atom. The first-order valence-electron chi connectivity index (χ1n) is 8.33. The summed E-state index contributed by atoms with van der Waals surface area (Å²) in [5.41, 5.74) is 1.64. The minimum atomic E-state index is 0.658. The van der Waals surface area contributed by atoms with Crippen LogP contribution in [0, 0.1) is 0 Å². The Morgan fingerprint density at radius 1 is 1.22 bits per heavy atom. The maximum absolute atomic E-state index is 5.62. The molecule has 1 aromatic carbocycles. The van der Waals surface area contributed by atoms with Gasteiger partial charge in [-0.2, -0.15) is 0 Å². The molecule has 1 N–H and O–H groups in total. The largest absolute Gasteiger partial charge is 0.493 e. The quantitative estimate of drug-likeness (QED) is 0.499. The highest BCUT2D eigenvalue weighted by molar-refractivity contribution is 8.00. The number of thioether (sulfide) groups is 1. The van der Waals surface area contributed by atoms with Crippen LogP contribution in [0.25, 0.3) is 5.70 Å². The minimum absolute atomic E-state index is 0.658. The molecular weight excluding hydrogens is 382 g/mol. The molecule has 0 saturated heterocycles. The number of thiazole rings is 1. The molecule has 3 rings (SSSR count). The molecule has 0 spiro atoms. The Balaban J connectivity index is 1.60. The number of aryl methyl sites for hydroxylation is 1. The van der Waals surface area contributed by atoms with Crippen LogP contribution in [0.15, 0.2) is 45.8 Å². The zero-order valence-corrected chi connectivity index (χ0v) is 17.1. The summed E-state index contributed by atoms with van der Waals surface area (Å²) in [4.78, 5) is 8.68. The Bertz CT molecular complexity index is 921. The number of ether oxygens (including phenoxy) is 2. The zero-order chi connectivity index (χ0) is 19.2. The average molecular weight is 404 g/mol. The minimum Gasteiger partial charge on any atom is -0.493 e. The van der Waals surface area contributed by atoms with Crippen LogP contribution < -0.4 is 14.8 Å². The fourth-order valence-corrected chi connectivity index (χ4v) is 4.07. The number of benzene rings is 1. The van der Waals surface area contributed by atoms with Crippen molar-refractivity contribution in [2.75, 3.05) is 19.5 Å². The molecule has 0 atom stereocenters. The summed E-state index contributed by atoms with van der Waals surface area (Å²) < 4.78 is 17.3. The molecule has 0 unspecified atom stereocenters. The van der Waals surface area contributed by atoms with Crippen molar-refractivity contribution in [2.45, 2.75) is 23.3 Å². The van der Waals surface area contributed by atoms with E-state index in [1.165, 1.54) is 0 Å². The lowest BCUT2D eigenvalue weighted by molar-refractivity contribution is 0.355. The molecule has 0 aliphatic carbocycles.